The van der Waals surface area contributed by atoms with Crippen LogP contribution in [0.25, 0.3) is 0 Å². The van der Waals surface area contributed by atoms with Gasteiger partial charge in [-0.3, -0.25) is 4.79 Å². The molecule has 1 fully saturated rings. The molecule has 0 N–H and O–H groups in total. The normalized spacial score (nSPS) is 27.6. The SMILES string of the molecule is CC(C)(C)C(=O)C1CCC[N+]1(C)C. The van der Waals surface area contributed by atoms with Crippen LogP contribution in [-0.4, -0.2) is 36.9 Å². The first-order valence-electron chi connectivity index (χ1n) is 5.12. The lowest BCUT2D eigenvalue weighted by atomic mass is 9.85. The summed E-state index contributed by atoms with van der Waals surface area (Å²) in [5.74, 6) is 0.426. The van der Waals surface area contributed by atoms with Gasteiger partial charge in [0.2, 0.25) is 0 Å². The van der Waals surface area contributed by atoms with Crippen molar-refractivity contribution in [2.75, 3.05) is 20.6 Å². The fourth-order valence-corrected chi connectivity index (χ4v) is 2.15. The van der Waals surface area contributed by atoms with Crippen LogP contribution in [0.3, 0.4) is 0 Å². The second-order valence-electron chi connectivity index (χ2n) is 5.77. The van der Waals surface area contributed by atoms with Crippen LogP contribution < -0.4 is 0 Å². The molecule has 1 atom stereocenters. The molecule has 76 valence electrons. The summed E-state index contributed by atoms with van der Waals surface area (Å²) in [5, 5.41) is 0. The van der Waals surface area contributed by atoms with Gasteiger partial charge in [-0.15, -0.1) is 0 Å². The Kier molecular flexibility index (Phi) is 2.54. The summed E-state index contributed by atoms with van der Waals surface area (Å²) < 4.78 is 0.885. The van der Waals surface area contributed by atoms with E-state index in [0.29, 0.717) is 5.78 Å². The van der Waals surface area contributed by atoms with E-state index in [1.807, 2.05) is 20.8 Å². The topological polar surface area (TPSA) is 17.1 Å². The molecule has 0 bridgehead atoms. The van der Waals surface area contributed by atoms with E-state index >= 15 is 0 Å². The highest BCUT2D eigenvalue weighted by molar-refractivity contribution is 5.87. The van der Waals surface area contributed by atoms with Crippen LogP contribution in [0.5, 0.6) is 0 Å². The van der Waals surface area contributed by atoms with Crippen molar-refractivity contribution >= 4 is 5.78 Å². The van der Waals surface area contributed by atoms with Crippen molar-refractivity contribution < 1.29 is 9.28 Å². The maximum atomic E-state index is 12.1. The average molecular weight is 184 g/mol. The van der Waals surface area contributed by atoms with E-state index in [4.69, 9.17) is 0 Å². The van der Waals surface area contributed by atoms with Crippen molar-refractivity contribution in [3.8, 4) is 0 Å². The van der Waals surface area contributed by atoms with Gasteiger partial charge in [0.15, 0.2) is 5.78 Å². The smallest absolute Gasteiger partial charge is 0.195 e. The minimum Gasteiger partial charge on any atom is -0.320 e. The molecule has 1 rings (SSSR count). The number of ketones is 1. The van der Waals surface area contributed by atoms with Crippen LogP contribution in [0.1, 0.15) is 33.6 Å². The standard InChI is InChI=1S/C11H22NO/c1-11(2,3)10(13)9-7-6-8-12(9,4)5/h9H,6-8H2,1-5H3/q+1. The maximum absolute atomic E-state index is 12.1. The number of quaternary nitrogens is 1. The lowest BCUT2D eigenvalue weighted by molar-refractivity contribution is -0.893. The quantitative estimate of drug-likeness (QED) is 0.568. The molecular formula is C11H22NO+. The first kappa shape index (κ1) is 10.7. The molecule has 0 aromatic heterocycles. The molecular weight excluding hydrogens is 162 g/mol. The lowest BCUT2D eigenvalue weighted by Crippen LogP contribution is -2.51. The molecule has 1 unspecified atom stereocenters. The number of likely N-dealkylation sites (tertiary alicyclic amines) is 1. The largest absolute Gasteiger partial charge is 0.320 e. The highest BCUT2D eigenvalue weighted by Crippen LogP contribution is 2.29. The second-order valence-corrected chi connectivity index (χ2v) is 5.77. The first-order valence-corrected chi connectivity index (χ1v) is 5.12. The summed E-state index contributed by atoms with van der Waals surface area (Å²) in [6.45, 7) is 7.21. The predicted octanol–water partition coefficient (Wildman–Crippen LogP) is 1.84. The number of hydrogen-bond donors (Lipinski definition) is 0. The molecule has 1 heterocycles. The van der Waals surface area contributed by atoms with Crippen LogP contribution >= 0.6 is 0 Å². The third-order valence-corrected chi connectivity index (χ3v) is 3.10. The van der Waals surface area contributed by atoms with E-state index in [9.17, 15) is 4.79 Å². The highest BCUT2D eigenvalue weighted by atomic mass is 16.1. The van der Waals surface area contributed by atoms with Crippen molar-refractivity contribution in [1.29, 1.82) is 0 Å². The van der Waals surface area contributed by atoms with Crippen LogP contribution in [-0.2, 0) is 4.79 Å². The van der Waals surface area contributed by atoms with E-state index in [2.05, 4.69) is 14.1 Å². The van der Waals surface area contributed by atoms with E-state index in [1.165, 1.54) is 6.42 Å². The van der Waals surface area contributed by atoms with Gasteiger partial charge in [0.05, 0.1) is 20.6 Å². The number of nitrogens with zero attached hydrogens (tertiary/aromatic N) is 1. The molecule has 0 aromatic rings. The molecule has 0 radical (unpaired) electrons. The number of hydrogen-bond acceptors (Lipinski definition) is 1. The van der Waals surface area contributed by atoms with Crippen molar-refractivity contribution in [2.24, 2.45) is 5.41 Å². The third kappa shape index (κ3) is 2.11. The van der Waals surface area contributed by atoms with Gasteiger partial charge in [-0.05, 0) is 0 Å². The minimum absolute atomic E-state index is 0.176. The molecule has 2 heteroatoms. The number of carbonyl (C=O) groups is 1. The zero-order valence-electron chi connectivity index (χ0n) is 9.55. The van der Waals surface area contributed by atoms with Crippen LogP contribution in [0, 0.1) is 5.41 Å². The fourth-order valence-electron chi connectivity index (χ4n) is 2.15. The molecule has 0 amide bonds. The second kappa shape index (κ2) is 3.09. The van der Waals surface area contributed by atoms with Gasteiger partial charge in [-0.25, -0.2) is 0 Å². The first-order chi connectivity index (χ1) is 5.75. The zero-order valence-corrected chi connectivity index (χ0v) is 9.55. The maximum Gasteiger partial charge on any atom is 0.195 e. The molecule has 1 saturated heterocycles. The summed E-state index contributed by atoms with van der Waals surface area (Å²) in [7, 11) is 4.34. The molecule has 13 heavy (non-hydrogen) atoms. The highest BCUT2D eigenvalue weighted by Gasteiger charge is 2.43. The van der Waals surface area contributed by atoms with E-state index < -0.39 is 0 Å². The molecule has 0 saturated carbocycles. The van der Waals surface area contributed by atoms with E-state index in [0.717, 1.165) is 17.4 Å². The molecule has 0 spiro atoms. The Morgan fingerprint density at radius 3 is 2.15 bits per heavy atom. The van der Waals surface area contributed by atoms with Gasteiger partial charge in [-0.2, -0.15) is 0 Å². The van der Waals surface area contributed by atoms with Crippen LogP contribution in [0.2, 0.25) is 0 Å². The van der Waals surface area contributed by atoms with Gasteiger partial charge in [0.1, 0.15) is 6.04 Å². The summed E-state index contributed by atoms with van der Waals surface area (Å²) in [6.07, 6.45) is 2.27. The fraction of sp³-hybridized carbons (Fsp3) is 0.909. The van der Waals surface area contributed by atoms with Gasteiger partial charge in [0, 0.05) is 18.3 Å². The predicted molar refractivity (Wildman–Crippen MR) is 54.5 cm³/mol. The van der Waals surface area contributed by atoms with E-state index in [1.54, 1.807) is 0 Å². The Morgan fingerprint density at radius 1 is 1.31 bits per heavy atom. The van der Waals surface area contributed by atoms with Gasteiger partial charge in [0.25, 0.3) is 0 Å². The van der Waals surface area contributed by atoms with Crippen LogP contribution in [0.4, 0.5) is 0 Å². The molecule has 0 aromatic carbocycles. The molecule has 2 nitrogen and oxygen atoms in total. The number of carbonyl (C=O) groups excluding carboxylic acids is 1. The Bertz CT molecular complexity index is 213. The van der Waals surface area contributed by atoms with Crippen molar-refractivity contribution in [3.05, 3.63) is 0 Å². The Morgan fingerprint density at radius 2 is 1.85 bits per heavy atom. The third-order valence-electron chi connectivity index (χ3n) is 3.10. The molecule has 1 aliphatic rings. The van der Waals surface area contributed by atoms with Crippen molar-refractivity contribution in [1.82, 2.24) is 0 Å². The number of rotatable bonds is 1. The minimum atomic E-state index is -0.176. The van der Waals surface area contributed by atoms with Gasteiger partial charge < -0.3 is 4.48 Å². The molecule has 0 aliphatic carbocycles. The summed E-state index contributed by atoms with van der Waals surface area (Å²) in [6, 6.07) is 0.236. The zero-order chi connectivity index (χ0) is 10.3. The lowest BCUT2D eigenvalue weighted by Gasteiger charge is -2.33. The van der Waals surface area contributed by atoms with Crippen molar-refractivity contribution in [2.45, 2.75) is 39.7 Å². The van der Waals surface area contributed by atoms with Gasteiger partial charge in [-0.1, -0.05) is 20.8 Å². The number of likely N-dealkylation sites (N-methyl/N-ethyl adjacent to an activating group) is 1. The van der Waals surface area contributed by atoms with Crippen LogP contribution in [0.15, 0.2) is 0 Å². The molecule has 1 aliphatic heterocycles. The Labute approximate surface area is 81.5 Å². The summed E-state index contributed by atoms with van der Waals surface area (Å²) in [4.78, 5) is 12.1. The van der Waals surface area contributed by atoms with E-state index in [-0.39, 0.29) is 11.5 Å². The van der Waals surface area contributed by atoms with Gasteiger partial charge >= 0.3 is 0 Å². The monoisotopic (exact) mass is 184 g/mol. The number of Topliss-reactive ketones (excluding diaryl/α,β-unsaturated/α-hetero) is 1. The van der Waals surface area contributed by atoms with Crippen molar-refractivity contribution in [3.63, 3.8) is 0 Å². The Balaban J connectivity index is 2.79. The summed E-state index contributed by atoms with van der Waals surface area (Å²) in [5.41, 5.74) is -0.176. The summed E-state index contributed by atoms with van der Waals surface area (Å²) >= 11 is 0. The Hall–Kier alpha value is -0.370. The average Bonchev–Trinajstić information content (AvgIpc) is 2.26.